The Kier molecular flexibility index (Phi) is 5.87. The molecule has 10 heteroatoms. The van der Waals surface area contributed by atoms with Crippen LogP contribution in [0, 0.1) is 18.3 Å². The number of ether oxygens (including phenoxy) is 1. The van der Waals surface area contributed by atoms with E-state index >= 15 is 0 Å². The van der Waals surface area contributed by atoms with E-state index in [0.29, 0.717) is 22.4 Å². The van der Waals surface area contributed by atoms with E-state index in [0.717, 1.165) is 0 Å². The van der Waals surface area contributed by atoms with E-state index in [1.807, 2.05) is 38.1 Å². The summed E-state index contributed by atoms with van der Waals surface area (Å²) in [6.07, 6.45) is 3.00. The standard InChI is InChI=1S/C23H21N7O3/c1-14(2)29-21-16(11-25-29)9-19(15(3)27-21)23(32)33-13-20(31)28-22-17(10-24)12-26-30(22)18-7-5-4-6-8-18/h4-9,11-12,14H,13H2,1-3H3,(H,28,31). The number of carbonyl (C=O) groups is 2. The van der Waals surface area contributed by atoms with Crippen molar-refractivity contribution >= 4 is 28.7 Å². The number of hydrogen-bond acceptors (Lipinski definition) is 7. The van der Waals surface area contributed by atoms with Gasteiger partial charge in [0.15, 0.2) is 18.1 Å². The quantitative estimate of drug-likeness (QED) is 0.453. The number of rotatable bonds is 6. The molecular formula is C23H21N7O3. The molecule has 33 heavy (non-hydrogen) atoms. The summed E-state index contributed by atoms with van der Waals surface area (Å²) < 4.78 is 8.42. The zero-order chi connectivity index (χ0) is 23.5. The van der Waals surface area contributed by atoms with Crippen LogP contribution < -0.4 is 5.32 Å². The average Bonchev–Trinajstić information content (AvgIpc) is 3.41. The summed E-state index contributed by atoms with van der Waals surface area (Å²) in [5.41, 5.74) is 2.26. The molecular weight excluding hydrogens is 422 g/mol. The number of nitrogens with one attached hydrogen (secondary N) is 1. The Morgan fingerprint density at radius 2 is 1.94 bits per heavy atom. The van der Waals surface area contributed by atoms with Crippen molar-refractivity contribution in [2.24, 2.45) is 0 Å². The lowest BCUT2D eigenvalue weighted by Crippen LogP contribution is -2.23. The fraction of sp³-hybridized carbons (Fsp3) is 0.217. The van der Waals surface area contributed by atoms with Gasteiger partial charge in [0.25, 0.3) is 5.91 Å². The number of carbonyl (C=O) groups excluding carboxylic acids is 2. The van der Waals surface area contributed by atoms with Crippen LogP contribution in [0.15, 0.2) is 48.8 Å². The highest BCUT2D eigenvalue weighted by Crippen LogP contribution is 2.21. The van der Waals surface area contributed by atoms with E-state index < -0.39 is 18.5 Å². The molecule has 4 aromatic rings. The van der Waals surface area contributed by atoms with E-state index in [4.69, 9.17) is 4.74 Å². The van der Waals surface area contributed by atoms with E-state index in [9.17, 15) is 14.9 Å². The summed E-state index contributed by atoms with van der Waals surface area (Å²) in [5.74, 6) is -1.08. The zero-order valence-electron chi connectivity index (χ0n) is 18.3. The second kappa shape index (κ2) is 8.92. The molecule has 0 saturated carbocycles. The van der Waals surface area contributed by atoms with Crippen LogP contribution in [0.4, 0.5) is 5.82 Å². The number of nitriles is 1. The van der Waals surface area contributed by atoms with E-state index in [1.54, 1.807) is 36.0 Å². The molecule has 0 aliphatic heterocycles. The number of benzene rings is 1. The number of nitrogens with zero attached hydrogens (tertiary/aromatic N) is 6. The van der Waals surface area contributed by atoms with E-state index in [-0.39, 0.29) is 23.0 Å². The van der Waals surface area contributed by atoms with Crippen LogP contribution in [-0.4, -0.2) is 43.0 Å². The monoisotopic (exact) mass is 443 g/mol. The maximum Gasteiger partial charge on any atom is 0.340 e. The summed E-state index contributed by atoms with van der Waals surface area (Å²) in [5, 5.41) is 21.1. The smallest absolute Gasteiger partial charge is 0.340 e. The van der Waals surface area contributed by atoms with Gasteiger partial charge in [0.05, 0.1) is 29.3 Å². The van der Waals surface area contributed by atoms with Crippen LogP contribution in [0.2, 0.25) is 0 Å². The zero-order valence-corrected chi connectivity index (χ0v) is 18.3. The summed E-state index contributed by atoms with van der Waals surface area (Å²) in [4.78, 5) is 29.6. The Hall–Kier alpha value is -4.52. The molecule has 0 unspecified atom stereocenters. The highest BCUT2D eigenvalue weighted by atomic mass is 16.5. The molecule has 10 nitrogen and oxygen atoms in total. The van der Waals surface area contributed by atoms with Gasteiger partial charge in [-0.25, -0.2) is 19.1 Å². The van der Waals surface area contributed by atoms with Crippen LogP contribution in [0.1, 0.15) is 41.5 Å². The maximum absolute atomic E-state index is 12.6. The third-order valence-corrected chi connectivity index (χ3v) is 4.95. The molecule has 3 heterocycles. The number of para-hydroxylation sites is 1. The predicted octanol–water partition coefficient (Wildman–Crippen LogP) is 3.17. The highest BCUT2D eigenvalue weighted by Gasteiger charge is 2.19. The number of anilines is 1. The molecule has 1 N–H and O–H groups in total. The van der Waals surface area contributed by atoms with Crippen LogP contribution in [0.5, 0.6) is 0 Å². The van der Waals surface area contributed by atoms with Crippen molar-refractivity contribution in [1.29, 1.82) is 5.26 Å². The summed E-state index contributed by atoms with van der Waals surface area (Å²) in [7, 11) is 0. The van der Waals surface area contributed by atoms with Gasteiger partial charge in [-0.1, -0.05) is 18.2 Å². The minimum absolute atomic E-state index is 0.124. The average molecular weight is 443 g/mol. The fourth-order valence-corrected chi connectivity index (χ4v) is 3.34. The van der Waals surface area contributed by atoms with Gasteiger partial charge in [-0.15, -0.1) is 0 Å². The molecule has 0 aliphatic carbocycles. The summed E-state index contributed by atoms with van der Waals surface area (Å²) in [6, 6.07) is 12.8. The van der Waals surface area contributed by atoms with Crippen molar-refractivity contribution in [2.45, 2.75) is 26.8 Å². The van der Waals surface area contributed by atoms with Gasteiger partial charge >= 0.3 is 5.97 Å². The maximum atomic E-state index is 12.6. The number of aryl methyl sites for hydroxylation is 1. The lowest BCUT2D eigenvalue weighted by atomic mass is 10.2. The molecule has 0 aliphatic rings. The topological polar surface area (TPSA) is 128 Å². The molecule has 0 bridgehead atoms. The van der Waals surface area contributed by atoms with Crippen LogP contribution in [0.3, 0.4) is 0 Å². The van der Waals surface area contributed by atoms with Gasteiger partial charge in [-0.05, 0) is 39.0 Å². The molecule has 0 saturated heterocycles. The van der Waals surface area contributed by atoms with Crippen molar-refractivity contribution in [3.05, 3.63) is 65.6 Å². The lowest BCUT2D eigenvalue weighted by molar-refractivity contribution is -0.119. The normalized spacial score (nSPS) is 10.9. The molecule has 0 fully saturated rings. The van der Waals surface area contributed by atoms with Gasteiger partial charge in [0.2, 0.25) is 0 Å². The van der Waals surface area contributed by atoms with Crippen LogP contribution >= 0.6 is 0 Å². The second-order valence-electron chi connectivity index (χ2n) is 7.61. The highest BCUT2D eigenvalue weighted by molar-refractivity contribution is 5.98. The fourth-order valence-electron chi connectivity index (χ4n) is 3.34. The summed E-state index contributed by atoms with van der Waals surface area (Å²) in [6.45, 7) is 5.15. The second-order valence-corrected chi connectivity index (χ2v) is 7.61. The van der Waals surface area contributed by atoms with Crippen molar-refractivity contribution in [3.63, 3.8) is 0 Å². The molecule has 3 aromatic heterocycles. The first-order valence-electron chi connectivity index (χ1n) is 10.2. The van der Waals surface area contributed by atoms with Crippen molar-refractivity contribution in [2.75, 3.05) is 11.9 Å². The molecule has 1 amide bonds. The number of fused-ring (bicyclic) bond motifs is 1. The molecule has 0 radical (unpaired) electrons. The number of amides is 1. The van der Waals surface area contributed by atoms with Crippen molar-refractivity contribution in [3.8, 4) is 11.8 Å². The Labute approximate surface area is 189 Å². The lowest BCUT2D eigenvalue weighted by Gasteiger charge is -2.11. The number of aromatic nitrogens is 5. The van der Waals surface area contributed by atoms with Gasteiger partial charge in [0.1, 0.15) is 11.6 Å². The number of pyridine rings is 1. The van der Waals surface area contributed by atoms with Gasteiger partial charge < -0.3 is 10.1 Å². The van der Waals surface area contributed by atoms with Gasteiger partial charge in [0, 0.05) is 11.4 Å². The SMILES string of the molecule is Cc1nc2c(cnn2C(C)C)cc1C(=O)OCC(=O)Nc1c(C#N)cnn1-c1ccccc1. The van der Waals surface area contributed by atoms with Gasteiger partial charge in [-0.3, -0.25) is 4.79 Å². The largest absolute Gasteiger partial charge is 0.452 e. The van der Waals surface area contributed by atoms with Gasteiger partial charge in [-0.2, -0.15) is 15.5 Å². The first kappa shape index (κ1) is 21.7. The first-order valence-corrected chi connectivity index (χ1v) is 10.2. The molecule has 0 atom stereocenters. The minimum atomic E-state index is -0.675. The Balaban J connectivity index is 1.48. The number of esters is 1. The van der Waals surface area contributed by atoms with Crippen LogP contribution in [-0.2, 0) is 9.53 Å². The predicted molar refractivity (Wildman–Crippen MR) is 120 cm³/mol. The Morgan fingerprint density at radius 3 is 2.64 bits per heavy atom. The minimum Gasteiger partial charge on any atom is -0.452 e. The molecule has 4 rings (SSSR count). The Bertz CT molecular complexity index is 1380. The van der Waals surface area contributed by atoms with Crippen molar-refractivity contribution in [1.82, 2.24) is 24.5 Å². The third-order valence-electron chi connectivity index (χ3n) is 4.95. The first-order chi connectivity index (χ1) is 15.9. The molecule has 166 valence electrons. The van der Waals surface area contributed by atoms with E-state index in [2.05, 4.69) is 20.5 Å². The Morgan fingerprint density at radius 1 is 1.18 bits per heavy atom. The van der Waals surface area contributed by atoms with E-state index in [1.165, 1.54) is 10.9 Å². The van der Waals surface area contributed by atoms with Crippen molar-refractivity contribution < 1.29 is 14.3 Å². The summed E-state index contributed by atoms with van der Waals surface area (Å²) >= 11 is 0. The number of hydrogen-bond donors (Lipinski definition) is 1. The molecule has 0 spiro atoms. The van der Waals surface area contributed by atoms with Crippen LogP contribution in [0.25, 0.3) is 16.7 Å². The third kappa shape index (κ3) is 4.29. The molecule has 1 aromatic carbocycles.